The maximum atomic E-state index is 9.18. The molecule has 3 aromatic heterocycles. The van der Waals surface area contributed by atoms with Crippen molar-refractivity contribution < 1.29 is 4.74 Å². The molecule has 0 aliphatic heterocycles. The zero-order chi connectivity index (χ0) is 16.5. The van der Waals surface area contributed by atoms with Crippen molar-refractivity contribution >= 4 is 11.0 Å². The molecule has 4 rings (SSSR count). The van der Waals surface area contributed by atoms with E-state index in [1.807, 2.05) is 59.4 Å². The molecule has 116 valence electrons. The lowest BCUT2D eigenvalue weighted by molar-refractivity contribution is 0.415. The van der Waals surface area contributed by atoms with E-state index in [0.717, 1.165) is 33.7 Å². The minimum absolute atomic E-state index is 0.538. The molecule has 1 N–H and O–H groups in total. The molecule has 0 bridgehead atoms. The Morgan fingerprint density at radius 2 is 1.92 bits per heavy atom. The van der Waals surface area contributed by atoms with Gasteiger partial charge in [0.2, 0.25) is 0 Å². The fourth-order valence-electron chi connectivity index (χ4n) is 2.84. The van der Waals surface area contributed by atoms with Crippen LogP contribution in [0.1, 0.15) is 5.56 Å². The first kappa shape index (κ1) is 14.1. The van der Waals surface area contributed by atoms with Crippen molar-refractivity contribution in [3.8, 4) is 28.8 Å². The summed E-state index contributed by atoms with van der Waals surface area (Å²) in [5.41, 5.74) is 4.24. The lowest BCUT2D eigenvalue weighted by atomic mass is 10.1. The zero-order valence-electron chi connectivity index (χ0n) is 13.0. The van der Waals surface area contributed by atoms with Gasteiger partial charge in [-0.15, -0.1) is 0 Å². The number of nitrogens with one attached hydrogen (secondary N) is 1. The highest BCUT2D eigenvalue weighted by atomic mass is 16.5. The molecular weight excluding hydrogens is 300 g/mol. The molecule has 0 fully saturated rings. The first-order valence-corrected chi connectivity index (χ1v) is 7.50. The van der Waals surface area contributed by atoms with Crippen molar-refractivity contribution in [2.75, 3.05) is 7.11 Å². The molecule has 0 amide bonds. The van der Waals surface area contributed by atoms with Crippen LogP contribution in [0, 0.1) is 11.3 Å². The summed E-state index contributed by atoms with van der Waals surface area (Å²) >= 11 is 0. The Balaban J connectivity index is 2.00. The van der Waals surface area contributed by atoms with Gasteiger partial charge in [0.25, 0.3) is 0 Å². The number of aromatic amines is 1. The second-order valence-corrected chi connectivity index (χ2v) is 5.40. The van der Waals surface area contributed by atoms with Crippen molar-refractivity contribution in [3.63, 3.8) is 0 Å². The summed E-state index contributed by atoms with van der Waals surface area (Å²) in [5, 5.41) is 10.1. The SMILES string of the molecule is COc1ccc(-c2[nH]c3ncc(C#N)cc3c2-n2cccc2)cc1. The van der Waals surface area contributed by atoms with E-state index in [2.05, 4.69) is 16.0 Å². The molecule has 24 heavy (non-hydrogen) atoms. The van der Waals surface area contributed by atoms with Crippen LogP contribution in [-0.2, 0) is 0 Å². The van der Waals surface area contributed by atoms with Gasteiger partial charge in [-0.25, -0.2) is 4.98 Å². The Morgan fingerprint density at radius 3 is 2.58 bits per heavy atom. The van der Waals surface area contributed by atoms with Crippen molar-refractivity contribution in [1.82, 2.24) is 14.5 Å². The van der Waals surface area contributed by atoms with E-state index < -0.39 is 0 Å². The molecule has 3 heterocycles. The summed E-state index contributed by atoms with van der Waals surface area (Å²) in [6.07, 6.45) is 5.54. The predicted octanol–water partition coefficient (Wildman–Crippen LogP) is 3.90. The lowest BCUT2D eigenvalue weighted by Crippen LogP contribution is -1.92. The molecule has 0 atom stereocenters. The summed E-state index contributed by atoms with van der Waals surface area (Å²) in [5.74, 6) is 0.808. The van der Waals surface area contributed by atoms with Gasteiger partial charge in [0.15, 0.2) is 0 Å². The molecule has 0 saturated carbocycles. The Kier molecular flexibility index (Phi) is 3.29. The predicted molar refractivity (Wildman–Crippen MR) is 92.1 cm³/mol. The number of nitrogens with zero attached hydrogens (tertiary/aromatic N) is 3. The third-order valence-corrected chi connectivity index (χ3v) is 3.99. The molecule has 5 nitrogen and oxygen atoms in total. The van der Waals surface area contributed by atoms with Gasteiger partial charge in [-0.2, -0.15) is 5.26 Å². The zero-order valence-corrected chi connectivity index (χ0v) is 13.0. The number of methoxy groups -OCH3 is 1. The van der Waals surface area contributed by atoms with Gasteiger partial charge in [-0.05, 0) is 42.5 Å². The average molecular weight is 314 g/mol. The van der Waals surface area contributed by atoms with Crippen LogP contribution in [0.4, 0.5) is 0 Å². The highest BCUT2D eigenvalue weighted by Gasteiger charge is 2.16. The maximum Gasteiger partial charge on any atom is 0.139 e. The molecule has 4 aromatic rings. The van der Waals surface area contributed by atoms with Gasteiger partial charge in [0.05, 0.1) is 24.1 Å². The molecule has 0 radical (unpaired) electrons. The van der Waals surface area contributed by atoms with Gasteiger partial charge in [-0.1, -0.05) is 0 Å². The van der Waals surface area contributed by atoms with E-state index in [-0.39, 0.29) is 0 Å². The summed E-state index contributed by atoms with van der Waals surface area (Å²) in [6, 6.07) is 15.8. The van der Waals surface area contributed by atoms with Crippen LogP contribution in [0.5, 0.6) is 5.75 Å². The average Bonchev–Trinajstić information content (AvgIpc) is 3.28. The van der Waals surface area contributed by atoms with E-state index in [0.29, 0.717) is 5.56 Å². The van der Waals surface area contributed by atoms with Crippen LogP contribution in [0.15, 0.2) is 61.1 Å². The second-order valence-electron chi connectivity index (χ2n) is 5.40. The van der Waals surface area contributed by atoms with Gasteiger partial charge >= 0.3 is 0 Å². The summed E-state index contributed by atoms with van der Waals surface area (Å²) in [6.45, 7) is 0. The van der Waals surface area contributed by atoms with Gasteiger partial charge < -0.3 is 14.3 Å². The molecule has 0 spiro atoms. The van der Waals surface area contributed by atoms with Gasteiger partial charge in [0, 0.05) is 29.5 Å². The first-order valence-electron chi connectivity index (χ1n) is 7.50. The Morgan fingerprint density at radius 1 is 1.17 bits per heavy atom. The third-order valence-electron chi connectivity index (χ3n) is 3.99. The Hall–Kier alpha value is -3.52. The number of hydrogen-bond acceptors (Lipinski definition) is 3. The van der Waals surface area contributed by atoms with Gasteiger partial charge in [0.1, 0.15) is 17.5 Å². The fourth-order valence-corrected chi connectivity index (χ4v) is 2.84. The van der Waals surface area contributed by atoms with Gasteiger partial charge in [-0.3, -0.25) is 0 Å². The highest BCUT2D eigenvalue weighted by Crippen LogP contribution is 2.33. The Labute approximate surface area is 138 Å². The number of nitriles is 1. The van der Waals surface area contributed by atoms with Crippen LogP contribution in [0.2, 0.25) is 0 Å². The topological polar surface area (TPSA) is 66.6 Å². The van der Waals surface area contributed by atoms with E-state index in [1.165, 1.54) is 0 Å². The van der Waals surface area contributed by atoms with Crippen LogP contribution in [-0.4, -0.2) is 21.6 Å². The minimum Gasteiger partial charge on any atom is -0.497 e. The molecule has 0 aliphatic rings. The molecular formula is C19H14N4O. The van der Waals surface area contributed by atoms with Crippen LogP contribution < -0.4 is 4.74 Å². The molecule has 0 saturated heterocycles. The monoisotopic (exact) mass is 314 g/mol. The number of benzene rings is 1. The second kappa shape index (κ2) is 5.60. The summed E-state index contributed by atoms with van der Waals surface area (Å²) in [7, 11) is 1.65. The largest absolute Gasteiger partial charge is 0.497 e. The van der Waals surface area contributed by atoms with Crippen LogP contribution >= 0.6 is 0 Å². The van der Waals surface area contributed by atoms with Crippen LogP contribution in [0.25, 0.3) is 28.0 Å². The fraction of sp³-hybridized carbons (Fsp3) is 0.0526. The lowest BCUT2D eigenvalue weighted by Gasteiger charge is -2.07. The maximum absolute atomic E-state index is 9.18. The normalized spacial score (nSPS) is 10.7. The number of aromatic nitrogens is 3. The number of pyridine rings is 1. The molecule has 0 aliphatic carbocycles. The molecule has 5 heteroatoms. The molecule has 1 aromatic carbocycles. The minimum atomic E-state index is 0.538. The molecule has 0 unspecified atom stereocenters. The quantitative estimate of drug-likeness (QED) is 0.623. The van der Waals surface area contributed by atoms with Crippen LogP contribution in [0.3, 0.4) is 0 Å². The van der Waals surface area contributed by atoms with Crippen molar-refractivity contribution in [2.24, 2.45) is 0 Å². The number of fused-ring (bicyclic) bond motifs is 1. The van der Waals surface area contributed by atoms with E-state index in [1.54, 1.807) is 13.3 Å². The van der Waals surface area contributed by atoms with E-state index in [9.17, 15) is 5.26 Å². The van der Waals surface area contributed by atoms with Crippen molar-refractivity contribution in [2.45, 2.75) is 0 Å². The van der Waals surface area contributed by atoms with E-state index >= 15 is 0 Å². The number of hydrogen-bond donors (Lipinski definition) is 1. The number of H-pyrrole nitrogens is 1. The Bertz CT molecular complexity index is 1040. The van der Waals surface area contributed by atoms with E-state index in [4.69, 9.17) is 4.74 Å². The smallest absolute Gasteiger partial charge is 0.139 e. The third kappa shape index (κ3) is 2.22. The standard InChI is InChI=1S/C19H14N4O/c1-24-15-6-4-14(5-7-15)17-18(23-8-2-3-9-23)16-10-13(11-20)12-21-19(16)22-17/h2-10,12H,1H3,(H,21,22). The number of ether oxygens (including phenoxy) is 1. The summed E-state index contributed by atoms with van der Waals surface area (Å²) in [4.78, 5) is 7.76. The number of rotatable bonds is 3. The van der Waals surface area contributed by atoms with Crippen molar-refractivity contribution in [1.29, 1.82) is 5.26 Å². The highest BCUT2D eigenvalue weighted by molar-refractivity contribution is 5.95. The van der Waals surface area contributed by atoms with Crippen molar-refractivity contribution in [3.05, 3.63) is 66.6 Å². The summed E-state index contributed by atoms with van der Waals surface area (Å²) < 4.78 is 7.26. The first-order chi connectivity index (χ1) is 11.8.